The highest BCUT2D eigenvalue weighted by Gasteiger charge is 2.15. The van der Waals surface area contributed by atoms with Gasteiger partial charge in [0.1, 0.15) is 6.61 Å². The molecule has 0 amide bonds. The number of benzene rings is 1. The van der Waals surface area contributed by atoms with Crippen LogP contribution in [0.4, 0.5) is 0 Å². The predicted octanol–water partition coefficient (Wildman–Crippen LogP) is 5.98. The van der Waals surface area contributed by atoms with E-state index in [1.807, 2.05) is 24.3 Å². The van der Waals surface area contributed by atoms with Gasteiger partial charge in [-0.15, -0.1) is 24.8 Å². The van der Waals surface area contributed by atoms with Crippen molar-refractivity contribution < 1.29 is 9.47 Å². The average Bonchev–Trinajstić information content (AvgIpc) is 2.94. The first kappa shape index (κ1) is 24.8. The lowest BCUT2D eigenvalue weighted by Gasteiger charge is -2.18. The second-order valence-electron chi connectivity index (χ2n) is 6.83. The van der Waals surface area contributed by atoms with Crippen LogP contribution in [-0.2, 0) is 13.2 Å². The van der Waals surface area contributed by atoms with Gasteiger partial charge in [-0.25, -0.2) is 0 Å². The molecule has 0 radical (unpaired) electrons. The van der Waals surface area contributed by atoms with Crippen LogP contribution >= 0.6 is 36.4 Å². The molecule has 1 saturated carbocycles. The summed E-state index contributed by atoms with van der Waals surface area (Å²) in [5, 5.41) is 4.25. The van der Waals surface area contributed by atoms with Crippen molar-refractivity contribution in [3.05, 3.63) is 52.8 Å². The molecule has 4 nitrogen and oxygen atoms in total. The number of hydrogen-bond donors (Lipinski definition) is 1. The van der Waals surface area contributed by atoms with Crippen LogP contribution in [0.2, 0.25) is 5.02 Å². The Labute approximate surface area is 185 Å². The van der Waals surface area contributed by atoms with Crippen LogP contribution in [0, 0.1) is 0 Å². The highest BCUT2D eigenvalue weighted by molar-refractivity contribution is 6.32. The van der Waals surface area contributed by atoms with E-state index in [0.717, 1.165) is 17.7 Å². The van der Waals surface area contributed by atoms with Crippen LogP contribution in [0.25, 0.3) is 0 Å². The molecule has 0 atom stereocenters. The Balaban J connectivity index is 0.00000196. The molecule has 0 bridgehead atoms. The van der Waals surface area contributed by atoms with Gasteiger partial charge >= 0.3 is 0 Å². The van der Waals surface area contributed by atoms with Crippen molar-refractivity contribution in [1.82, 2.24) is 10.3 Å². The molecule has 3 rings (SSSR count). The third kappa shape index (κ3) is 7.32. The smallest absolute Gasteiger partial charge is 0.180 e. The SMILES string of the molecule is COc1cc(CNC2CCCCCC2)cc(Cl)c1OCc1cccnc1.Cl.Cl. The first-order valence-corrected chi connectivity index (χ1v) is 9.75. The van der Waals surface area contributed by atoms with E-state index in [9.17, 15) is 0 Å². The first-order chi connectivity index (χ1) is 12.8. The molecule has 7 heteroatoms. The van der Waals surface area contributed by atoms with E-state index in [1.165, 1.54) is 38.5 Å². The standard InChI is InChI=1S/C21H27ClN2O2.2ClH/c1-25-20-12-17(14-24-18-8-4-2-3-5-9-18)11-19(22)21(20)26-15-16-7-6-10-23-13-16;;/h6-7,10-13,18,24H,2-5,8-9,14-15H2,1H3;2*1H. The molecule has 0 spiro atoms. The Kier molecular flexibility index (Phi) is 11.6. The fourth-order valence-electron chi connectivity index (χ4n) is 3.40. The molecule has 1 aromatic carbocycles. The Morgan fingerprint density at radius 1 is 1.11 bits per heavy atom. The molecule has 2 aromatic rings. The van der Waals surface area contributed by atoms with Crippen LogP contribution in [-0.4, -0.2) is 18.1 Å². The summed E-state index contributed by atoms with van der Waals surface area (Å²) < 4.78 is 11.4. The molecule has 0 aliphatic heterocycles. The molecule has 0 unspecified atom stereocenters. The third-order valence-electron chi connectivity index (χ3n) is 4.85. The molecule has 1 aliphatic rings. The lowest BCUT2D eigenvalue weighted by molar-refractivity contribution is 0.284. The number of methoxy groups -OCH3 is 1. The normalized spacial score (nSPS) is 14.4. The van der Waals surface area contributed by atoms with Gasteiger partial charge in [0.25, 0.3) is 0 Å². The van der Waals surface area contributed by atoms with Crippen molar-refractivity contribution in [2.24, 2.45) is 0 Å². The van der Waals surface area contributed by atoms with Crippen molar-refractivity contribution in [1.29, 1.82) is 0 Å². The number of nitrogens with one attached hydrogen (secondary N) is 1. The second-order valence-corrected chi connectivity index (χ2v) is 7.24. The molecular weight excluding hydrogens is 419 g/mol. The monoisotopic (exact) mass is 446 g/mol. The van der Waals surface area contributed by atoms with Crippen LogP contribution in [0.1, 0.15) is 49.7 Å². The average molecular weight is 448 g/mol. The zero-order chi connectivity index (χ0) is 18.2. The predicted molar refractivity (Wildman–Crippen MR) is 119 cm³/mol. The molecule has 156 valence electrons. The number of rotatable bonds is 7. The Bertz CT molecular complexity index is 694. The van der Waals surface area contributed by atoms with Crippen LogP contribution in [0.5, 0.6) is 11.5 Å². The molecule has 1 aliphatic carbocycles. The quantitative estimate of drug-likeness (QED) is 0.530. The van der Waals surface area contributed by atoms with Crippen molar-refractivity contribution in [2.45, 2.75) is 57.7 Å². The van der Waals surface area contributed by atoms with E-state index >= 15 is 0 Å². The van der Waals surface area contributed by atoms with E-state index in [2.05, 4.69) is 10.3 Å². The van der Waals surface area contributed by atoms with Crippen molar-refractivity contribution in [3.63, 3.8) is 0 Å². The summed E-state index contributed by atoms with van der Waals surface area (Å²) in [6.07, 6.45) is 11.4. The molecule has 28 heavy (non-hydrogen) atoms. The zero-order valence-corrected chi connectivity index (χ0v) is 18.5. The van der Waals surface area contributed by atoms with E-state index in [1.54, 1.807) is 19.5 Å². The van der Waals surface area contributed by atoms with Gasteiger partial charge in [0, 0.05) is 30.5 Å². The third-order valence-corrected chi connectivity index (χ3v) is 5.13. The maximum Gasteiger partial charge on any atom is 0.180 e. The number of halogens is 3. The maximum absolute atomic E-state index is 6.48. The first-order valence-electron chi connectivity index (χ1n) is 9.38. The molecule has 1 heterocycles. The Hall–Kier alpha value is -1.20. The Morgan fingerprint density at radius 3 is 2.50 bits per heavy atom. The van der Waals surface area contributed by atoms with Gasteiger partial charge in [0.05, 0.1) is 12.1 Å². The summed E-state index contributed by atoms with van der Waals surface area (Å²) in [4.78, 5) is 4.10. The fourth-order valence-corrected chi connectivity index (χ4v) is 3.69. The Morgan fingerprint density at radius 2 is 1.86 bits per heavy atom. The van der Waals surface area contributed by atoms with Crippen LogP contribution in [0.15, 0.2) is 36.7 Å². The summed E-state index contributed by atoms with van der Waals surface area (Å²) in [5.41, 5.74) is 2.11. The van der Waals surface area contributed by atoms with Crippen LogP contribution < -0.4 is 14.8 Å². The minimum absolute atomic E-state index is 0. The number of aromatic nitrogens is 1. The van der Waals surface area contributed by atoms with Gasteiger partial charge in [-0.2, -0.15) is 0 Å². The maximum atomic E-state index is 6.48. The molecule has 0 saturated heterocycles. The number of hydrogen-bond acceptors (Lipinski definition) is 4. The topological polar surface area (TPSA) is 43.4 Å². The van der Waals surface area contributed by atoms with Crippen LogP contribution in [0.3, 0.4) is 0 Å². The summed E-state index contributed by atoms with van der Waals surface area (Å²) in [6.45, 7) is 1.20. The van der Waals surface area contributed by atoms with E-state index in [0.29, 0.717) is 29.2 Å². The minimum atomic E-state index is 0. The number of nitrogens with zero attached hydrogens (tertiary/aromatic N) is 1. The van der Waals surface area contributed by atoms with Gasteiger partial charge < -0.3 is 14.8 Å². The number of pyridine rings is 1. The second kappa shape index (κ2) is 13.1. The van der Waals surface area contributed by atoms with Gasteiger partial charge in [-0.1, -0.05) is 43.4 Å². The minimum Gasteiger partial charge on any atom is -0.493 e. The zero-order valence-electron chi connectivity index (χ0n) is 16.2. The lowest BCUT2D eigenvalue weighted by atomic mass is 10.1. The highest BCUT2D eigenvalue weighted by Crippen LogP contribution is 2.37. The van der Waals surface area contributed by atoms with Crippen molar-refractivity contribution in [2.75, 3.05) is 7.11 Å². The van der Waals surface area contributed by atoms with Gasteiger partial charge in [0.15, 0.2) is 11.5 Å². The lowest BCUT2D eigenvalue weighted by Crippen LogP contribution is -2.27. The summed E-state index contributed by atoms with van der Waals surface area (Å²) >= 11 is 6.48. The van der Waals surface area contributed by atoms with Gasteiger partial charge in [0.2, 0.25) is 0 Å². The van der Waals surface area contributed by atoms with Crippen molar-refractivity contribution >= 4 is 36.4 Å². The van der Waals surface area contributed by atoms with E-state index < -0.39 is 0 Å². The fraction of sp³-hybridized carbons (Fsp3) is 0.476. The van der Waals surface area contributed by atoms with E-state index in [4.69, 9.17) is 21.1 Å². The van der Waals surface area contributed by atoms with Gasteiger partial charge in [-0.3, -0.25) is 4.98 Å². The van der Waals surface area contributed by atoms with E-state index in [-0.39, 0.29) is 24.8 Å². The molecule has 1 N–H and O–H groups in total. The summed E-state index contributed by atoms with van der Waals surface area (Å²) in [6, 6.07) is 8.43. The summed E-state index contributed by atoms with van der Waals surface area (Å²) in [7, 11) is 1.64. The molecule has 1 fully saturated rings. The largest absolute Gasteiger partial charge is 0.493 e. The summed E-state index contributed by atoms with van der Waals surface area (Å²) in [5.74, 6) is 1.25. The van der Waals surface area contributed by atoms with Crippen molar-refractivity contribution in [3.8, 4) is 11.5 Å². The molecular formula is C21H29Cl3N2O2. The molecule has 1 aromatic heterocycles. The highest BCUT2D eigenvalue weighted by atomic mass is 35.5. The number of ether oxygens (including phenoxy) is 2. The van der Waals surface area contributed by atoms with Gasteiger partial charge in [-0.05, 0) is 36.6 Å².